The van der Waals surface area contributed by atoms with Gasteiger partial charge in [-0.2, -0.15) is 5.26 Å². The van der Waals surface area contributed by atoms with E-state index in [0.717, 1.165) is 3.57 Å². The predicted octanol–water partition coefficient (Wildman–Crippen LogP) is 3.94. The molecule has 28 heavy (non-hydrogen) atoms. The second-order valence-electron chi connectivity index (χ2n) is 5.47. The minimum Gasteiger partial charge on any atom is -0.492 e. The molecule has 0 heterocycles. The van der Waals surface area contributed by atoms with Crippen molar-refractivity contribution in [3.8, 4) is 17.6 Å². The highest BCUT2D eigenvalue weighted by atomic mass is 127. The lowest BCUT2D eigenvalue weighted by Crippen LogP contribution is -2.13. The van der Waals surface area contributed by atoms with Crippen molar-refractivity contribution in [1.82, 2.24) is 0 Å². The zero-order valence-corrected chi connectivity index (χ0v) is 17.3. The Morgan fingerprint density at radius 1 is 1.29 bits per heavy atom. The van der Waals surface area contributed by atoms with Crippen molar-refractivity contribution in [2.75, 3.05) is 19.0 Å². The van der Waals surface area contributed by atoms with E-state index in [-0.39, 0.29) is 11.1 Å². The Morgan fingerprint density at radius 3 is 2.50 bits per heavy atom. The van der Waals surface area contributed by atoms with Gasteiger partial charge in [-0.25, -0.2) is 4.79 Å². The van der Waals surface area contributed by atoms with Crippen LogP contribution in [0, 0.1) is 14.9 Å². The second kappa shape index (κ2) is 9.75. The van der Waals surface area contributed by atoms with Gasteiger partial charge in [-0.3, -0.25) is 4.79 Å². The molecule has 0 bridgehead atoms. The fraction of sp³-hybridized carbons (Fsp3) is 0.150. The van der Waals surface area contributed by atoms with Gasteiger partial charge in [0.2, 0.25) is 0 Å². The molecular formula is C20H17IN2O5. The predicted molar refractivity (Wildman–Crippen MR) is 113 cm³/mol. The lowest BCUT2D eigenvalue weighted by molar-refractivity contribution is -0.112. The molecule has 7 nitrogen and oxygen atoms in total. The minimum absolute atomic E-state index is 0.102. The number of aromatic carboxylic acids is 1. The number of ether oxygens (including phenoxy) is 2. The molecule has 2 aromatic carbocycles. The van der Waals surface area contributed by atoms with Crippen LogP contribution in [0.2, 0.25) is 0 Å². The van der Waals surface area contributed by atoms with Gasteiger partial charge in [0.1, 0.15) is 11.6 Å². The largest absolute Gasteiger partial charge is 0.492 e. The smallest absolute Gasteiger partial charge is 0.335 e. The summed E-state index contributed by atoms with van der Waals surface area (Å²) in [4.78, 5) is 23.3. The normalized spacial score (nSPS) is 10.7. The molecule has 2 N–H and O–H groups in total. The van der Waals surface area contributed by atoms with Crippen LogP contribution in [0.5, 0.6) is 11.5 Å². The highest BCUT2D eigenvalue weighted by Crippen LogP contribution is 2.34. The molecule has 0 saturated heterocycles. The number of rotatable bonds is 7. The van der Waals surface area contributed by atoms with Crippen LogP contribution in [0.25, 0.3) is 6.08 Å². The van der Waals surface area contributed by atoms with Gasteiger partial charge in [0, 0.05) is 5.69 Å². The quantitative estimate of drug-likeness (QED) is 0.345. The Hall–Kier alpha value is -3.06. The minimum atomic E-state index is -1.06. The van der Waals surface area contributed by atoms with Crippen molar-refractivity contribution < 1.29 is 24.2 Å². The molecule has 0 unspecified atom stereocenters. The Balaban J connectivity index is 2.28. The number of halogens is 1. The molecule has 0 spiro atoms. The number of methoxy groups -OCH3 is 1. The van der Waals surface area contributed by atoms with E-state index in [1.807, 2.05) is 13.0 Å². The Bertz CT molecular complexity index is 962. The first-order valence-electron chi connectivity index (χ1n) is 8.16. The van der Waals surface area contributed by atoms with E-state index in [2.05, 4.69) is 27.9 Å². The standard InChI is InChI=1S/C20H17IN2O5/c1-3-28-17-10-12(9-16(21)18(17)27-2)8-14(11-22)19(24)23-15-6-4-13(5-7-15)20(25)26/h4-10H,3H2,1-2H3,(H,23,24)(H,25,26)/b14-8+. The highest BCUT2D eigenvalue weighted by Gasteiger charge is 2.14. The number of nitrogens with zero attached hydrogens (tertiary/aromatic N) is 1. The summed E-state index contributed by atoms with van der Waals surface area (Å²) in [6.45, 7) is 2.29. The van der Waals surface area contributed by atoms with Crippen molar-refractivity contribution >= 4 is 46.2 Å². The van der Waals surface area contributed by atoms with E-state index in [1.165, 1.54) is 30.3 Å². The number of carboxylic acid groups (broad SMARTS) is 1. The first-order chi connectivity index (χ1) is 13.4. The summed E-state index contributed by atoms with van der Waals surface area (Å²) < 4.78 is 11.7. The van der Waals surface area contributed by atoms with Crippen LogP contribution in [0.3, 0.4) is 0 Å². The maximum atomic E-state index is 12.4. The van der Waals surface area contributed by atoms with Gasteiger partial charge in [0.15, 0.2) is 11.5 Å². The summed E-state index contributed by atoms with van der Waals surface area (Å²) in [7, 11) is 1.54. The molecule has 0 atom stereocenters. The molecule has 2 rings (SSSR count). The lowest BCUT2D eigenvalue weighted by Gasteiger charge is -2.12. The number of nitriles is 1. The van der Waals surface area contributed by atoms with E-state index in [1.54, 1.807) is 19.2 Å². The average molecular weight is 492 g/mol. The number of carbonyl (C=O) groups excluding carboxylic acids is 1. The summed E-state index contributed by atoms with van der Waals surface area (Å²) in [6, 6.07) is 11.0. The number of amides is 1. The summed E-state index contributed by atoms with van der Waals surface area (Å²) in [5.74, 6) is -0.560. The van der Waals surface area contributed by atoms with E-state index in [4.69, 9.17) is 14.6 Å². The van der Waals surface area contributed by atoms with Crippen LogP contribution < -0.4 is 14.8 Å². The maximum absolute atomic E-state index is 12.4. The maximum Gasteiger partial charge on any atom is 0.335 e. The van der Waals surface area contributed by atoms with Crippen molar-refractivity contribution in [1.29, 1.82) is 5.26 Å². The highest BCUT2D eigenvalue weighted by molar-refractivity contribution is 14.1. The lowest BCUT2D eigenvalue weighted by atomic mass is 10.1. The second-order valence-corrected chi connectivity index (χ2v) is 6.64. The van der Waals surface area contributed by atoms with Crippen molar-refractivity contribution in [3.63, 3.8) is 0 Å². The van der Waals surface area contributed by atoms with Crippen LogP contribution >= 0.6 is 22.6 Å². The first-order valence-corrected chi connectivity index (χ1v) is 9.24. The molecule has 0 aliphatic heterocycles. The van der Waals surface area contributed by atoms with Gasteiger partial charge in [-0.1, -0.05) is 0 Å². The summed E-state index contributed by atoms with van der Waals surface area (Å²) in [6.07, 6.45) is 1.45. The van der Waals surface area contributed by atoms with E-state index in [0.29, 0.717) is 29.4 Å². The molecule has 0 aromatic heterocycles. The van der Waals surface area contributed by atoms with Crippen molar-refractivity contribution in [3.05, 3.63) is 56.7 Å². The van der Waals surface area contributed by atoms with Crippen LogP contribution in [0.4, 0.5) is 5.69 Å². The monoisotopic (exact) mass is 492 g/mol. The van der Waals surface area contributed by atoms with Gasteiger partial charge in [-0.05, 0) is 77.6 Å². The number of hydrogen-bond donors (Lipinski definition) is 2. The molecular weight excluding hydrogens is 475 g/mol. The summed E-state index contributed by atoms with van der Waals surface area (Å²) in [5.41, 5.74) is 0.994. The Kier molecular flexibility index (Phi) is 7.40. The molecule has 0 aliphatic rings. The molecule has 0 aliphatic carbocycles. The molecule has 1 amide bonds. The first kappa shape index (κ1) is 21.2. The fourth-order valence-electron chi connectivity index (χ4n) is 2.34. The number of anilines is 1. The number of hydrogen-bond acceptors (Lipinski definition) is 5. The molecule has 0 radical (unpaired) electrons. The molecule has 144 valence electrons. The number of carbonyl (C=O) groups is 2. The Morgan fingerprint density at radius 2 is 1.96 bits per heavy atom. The van der Waals surface area contributed by atoms with E-state index < -0.39 is 11.9 Å². The van der Waals surface area contributed by atoms with Gasteiger partial charge in [-0.15, -0.1) is 0 Å². The number of nitrogens with one attached hydrogen (secondary N) is 1. The third kappa shape index (κ3) is 5.23. The third-order valence-corrected chi connectivity index (χ3v) is 4.40. The molecule has 8 heteroatoms. The zero-order valence-electron chi connectivity index (χ0n) is 15.2. The van der Waals surface area contributed by atoms with Crippen LogP contribution in [-0.4, -0.2) is 30.7 Å². The molecule has 2 aromatic rings. The summed E-state index contributed by atoms with van der Waals surface area (Å²) in [5, 5.41) is 20.9. The number of carboxylic acids is 1. The van der Waals surface area contributed by atoms with Gasteiger partial charge < -0.3 is 19.9 Å². The van der Waals surface area contributed by atoms with Gasteiger partial charge in [0.25, 0.3) is 5.91 Å². The van der Waals surface area contributed by atoms with Gasteiger partial charge in [0.05, 0.1) is 22.9 Å². The van der Waals surface area contributed by atoms with Crippen LogP contribution in [-0.2, 0) is 4.79 Å². The molecule has 0 fully saturated rings. The Labute approximate surface area is 175 Å². The SMILES string of the molecule is CCOc1cc(/C=C(\C#N)C(=O)Nc2ccc(C(=O)O)cc2)cc(I)c1OC. The zero-order chi connectivity index (χ0) is 20.7. The van der Waals surface area contributed by atoms with Crippen molar-refractivity contribution in [2.45, 2.75) is 6.92 Å². The number of benzene rings is 2. The third-order valence-electron chi connectivity index (χ3n) is 3.60. The molecule has 0 saturated carbocycles. The summed E-state index contributed by atoms with van der Waals surface area (Å²) >= 11 is 2.09. The van der Waals surface area contributed by atoms with E-state index >= 15 is 0 Å². The van der Waals surface area contributed by atoms with Crippen molar-refractivity contribution in [2.24, 2.45) is 0 Å². The fourth-order valence-corrected chi connectivity index (χ4v) is 3.19. The van der Waals surface area contributed by atoms with Crippen LogP contribution in [0.1, 0.15) is 22.8 Å². The van der Waals surface area contributed by atoms with E-state index in [9.17, 15) is 14.9 Å². The average Bonchev–Trinajstić information content (AvgIpc) is 2.66. The topological polar surface area (TPSA) is 109 Å². The van der Waals surface area contributed by atoms with Crippen LogP contribution in [0.15, 0.2) is 42.0 Å². The van der Waals surface area contributed by atoms with Gasteiger partial charge >= 0.3 is 5.97 Å².